The molecule has 1 aromatic rings. The number of hydrogen-bond acceptors (Lipinski definition) is 2. The quantitative estimate of drug-likeness (QED) is 0.884. The van der Waals surface area contributed by atoms with Crippen LogP contribution in [0.2, 0.25) is 0 Å². The number of hydrogen-bond donors (Lipinski definition) is 1. The van der Waals surface area contributed by atoms with E-state index in [9.17, 15) is 5.11 Å². The molecular formula is C18H29NO. The van der Waals surface area contributed by atoms with Gasteiger partial charge >= 0.3 is 0 Å². The van der Waals surface area contributed by atoms with Gasteiger partial charge in [0.2, 0.25) is 0 Å². The van der Waals surface area contributed by atoms with Crippen LogP contribution in [0.15, 0.2) is 24.3 Å². The maximum Gasteiger partial charge on any atom is 0.0802 e. The molecule has 0 amide bonds. The molecule has 2 heteroatoms. The normalized spacial score (nSPS) is 19.4. The average Bonchev–Trinajstić information content (AvgIpc) is 2.45. The summed E-state index contributed by atoms with van der Waals surface area (Å²) in [4.78, 5) is 2.51. The predicted molar refractivity (Wildman–Crippen MR) is 84.8 cm³/mol. The molecule has 1 aliphatic heterocycles. The Morgan fingerprint density at radius 1 is 1.25 bits per heavy atom. The van der Waals surface area contributed by atoms with Crippen LogP contribution in [-0.2, 0) is 0 Å². The summed E-state index contributed by atoms with van der Waals surface area (Å²) < 4.78 is 0. The number of aliphatic hydroxyl groups is 1. The number of rotatable bonds is 5. The van der Waals surface area contributed by atoms with Crippen LogP contribution < -0.4 is 0 Å². The summed E-state index contributed by atoms with van der Waals surface area (Å²) in [5, 5.41) is 10.3. The van der Waals surface area contributed by atoms with Gasteiger partial charge in [0.25, 0.3) is 0 Å². The number of piperidine rings is 1. The fourth-order valence-corrected chi connectivity index (χ4v) is 3.19. The van der Waals surface area contributed by atoms with E-state index in [-0.39, 0.29) is 6.10 Å². The van der Waals surface area contributed by atoms with E-state index in [1.165, 1.54) is 31.5 Å². The van der Waals surface area contributed by atoms with Gasteiger partial charge in [-0.2, -0.15) is 0 Å². The molecule has 0 saturated carbocycles. The highest BCUT2D eigenvalue weighted by molar-refractivity contribution is 5.23. The Hall–Kier alpha value is -0.860. The Bertz CT molecular complexity index is 408. The lowest BCUT2D eigenvalue weighted by atomic mass is 9.86. The largest absolute Gasteiger partial charge is 0.388 e. The molecule has 1 N–H and O–H groups in total. The minimum absolute atomic E-state index is 0.322. The zero-order valence-electron chi connectivity index (χ0n) is 13.2. The zero-order valence-corrected chi connectivity index (χ0v) is 13.2. The van der Waals surface area contributed by atoms with Crippen LogP contribution in [-0.4, -0.2) is 29.6 Å². The topological polar surface area (TPSA) is 23.5 Å². The van der Waals surface area contributed by atoms with E-state index in [0.717, 1.165) is 30.4 Å². The maximum atomic E-state index is 10.3. The van der Waals surface area contributed by atoms with Crippen molar-refractivity contribution in [2.24, 2.45) is 11.8 Å². The Kier molecular flexibility index (Phi) is 5.62. The van der Waals surface area contributed by atoms with E-state index in [1.54, 1.807) is 0 Å². The van der Waals surface area contributed by atoms with E-state index in [0.29, 0.717) is 0 Å². The van der Waals surface area contributed by atoms with Crippen LogP contribution >= 0.6 is 0 Å². The van der Waals surface area contributed by atoms with Crippen molar-refractivity contribution < 1.29 is 5.11 Å². The molecule has 1 saturated heterocycles. The van der Waals surface area contributed by atoms with Crippen LogP contribution in [0.3, 0.4) is 0 Å². The molecule has 2 nitrogen and oxygen atoms in total. The van der Waals surface area contributed by atoms with Crippen molar-refractivity contribution in [3.05, 3.63) is 35.4 Å². The lowest BCUT2D eigenvalue weighted by Gasteiger charge is -2.34. The molecule has 1 heterocycles. The summed E-state index contributed by atoms with van der Waals surface area (Å²) >= 11 is 0. The van der Waals surface area contributed by atoms with Crippen LogP contribution in [0.4, 0.5) is 0 Å². The van der Waals surface area contributed by atoms with E-state index in [2.05, 4.69) is 37.8 Å². The predicted octanol–water partition coefficient (Wildman–Crippen LogP) is 3.79. The lowest BCUT2D eigenvalue weighted by molar-refractivity contribution is 0.114. The molecule has 2 rings (SSSR count). The first-order chi connectivity index (χ1) is 9.56. The van der Waals surface area contributed by atoms with Gasteiger partial charge in [-0.15, -0.1) is 0 Å². The van der Waals surface area contributed by atoms with Gasteiger partial charge in [0.15, 0.2) is 0 Å². The molecule has 112 valence electrons. The number of benzene rings is 1. The first-order valence-electron chi connectivity index (χ1n) is 8.03. The maximum absolute atomic E-state index is 10.3. The van der Waals surface area contributed by atoms with E-state index >= 15 is 0 Å². The Morgan fingerprint density at radius 3 is 2.55 bits per heavy atom. The third-order valence-corrected chi connectivity index (χ3v) is 4.72. The molecule has 0 bridgehead atoms. The van der Waals surface area contributed by atoms with Crippen molar-refractivity contribution in [2.45, 2.75) is 46.1 Å². The third kappa shape index (κ3) is 4.32. The molecule has 0 aromatic heterocycles. The standard InChI is InChI=1S/C18H29NO/c1-14(2)16-7-10-19(11-8-16)12-9-18(20)17-6-4-5-15(3)13-17/h4-6,13-14,16,18,20H,7-12H2,1-3H3. The molecule has 1 aliphatic rings. The summed E-state index contributed by atoms with van der Waals surface area (Å²) in [7, 11) is 0. The highest BCUT2D eigenvalue weighted by atomic mass is 16.3. The van der Waals surface area contributed by atoms with Crippen molar-refractivity contribution in [3.8, 4) is 0 Å². The molecule has 1 fully saturated rings. The first-order valence-corrected chi connectivity index (χ1v) is 8.03. The molecule has 1 atom stereocenters. The van der Waals surface area contributed by atoms with Crippen molar-refractivity contribution in [1.29, 1.82) is 0 Å². The van der Waals surface area contributed by atoms with Crippen molar-refractivity contribution >= 4 is 0 Å². The number of likely N-dealkylation sites (tertiary alicyclic amines) is 1. The molecule has 1 unspecified atom stereocenters. The second kappa shape index (κ2) is 7.24. The molecule has 0 radical (unpaired) electrons. The summed E-state index contributed by atoms with van der Waals surface area (Å²) in [5.41, 5.74) is 2.28. The monoisotopic (exact) mass is 275 g/mol. The fraction of sp³-hybridized carbons (Fsp3) is 0.667. The summed E-state index contributed by atoms with van der Waals surface area (Å²) in [5.74, 6) is 1.71. The smallest absolute Gasteiger partial charge is 0.0802 e. The lowest BCUT2D eigenvalue weighted by Crippen LogP contribution is -2.36. The van der Waals surface area contributed by atoms with Crippen LogP contribution in [0.5, 0.6) is 0 Å². The van der Waals surface area contributed by atoms with Crippen LogP contribution in [0.1, 0.15) is 50.3 Å². The molecule has 0 spiro atoms. The van der Waals surface area contributed by atoms with Gasteiger partial charge in [-0.25, -0.2) is 0 Å². The summed E-state index contributed by atoms with van der Waals surface area (Å²) in [6.07, 6.45) is 3.16. The minimum Gasteiger partial charge on any atom is -0.388 e. The number of aliphatic hydroxyl groups excluding tert-OH is 1. The second-order valence-electron chi connectivity index (χ2n) is 6.64. The second-order valence-corrected chi connectivity index (χ2v) is 6.64. The molecular weight excluding hydrogens is 246 g/mol. The van der Waals surface area contributed by atoms with Gasteiger partial charge in [0.1, 0.15) is 0 Å². The van der Waals surface area contributed by atoms with Gasteiger partial charge in [-0.05, 0) is 56.7 Å². The SMILES string of the molecule is Cc1cccc(C(O)CCN2CCC(C(C)C)CC2)c1. The van der Waals surface area contributed by atoms with E-state index < -0.39 is 0 Å². The van der Waals surface area contributed by atoms with Crippen molar-refractivity contribution in [2.75, 3.05) is 19.6 Å². The third-order valence-electron chi connectivity index (χ3n) is 4.72. The first kappa shape index (κ1) is 15.5. The van der Waals surface area contributed by atoms with Gasteiger partial charge < -0.3 is 10.0 Å². The highest BCUT2D eigenvalue weighted by Crippen LogP contribution is 2.25. The highest BCUT2D eigenvalue weighted by Gasteiger charge is 2.21. The average molecular weight is 275 g/mol. The fourth-order valence-electron chi connectivity index (χ4n) is 3.19. The van der Waals surface area contributed by atoms with E-state index in [4.69, 9.17) is 0 Å². The van der Waals surface area contributed by atoms with Gasteiger partial charge in [-0.1, -0.05) is 43.7 Å². The van der Waals surface area contributed by atoms with Crippen molar-refractivity contribution in [3.63, 3.8) is 0 Å². The minimum atomic E-state index is -0.322. The number of nitrogens with zero attached hydrogens (tertiary/aromatic N) is 1. The summed E-state index contributed by atoms with van der Waals surface area (Å²) in [6, 6.07) is 8.23. The van der Waals surface area contributed by atoms with Crippen LogP contribution in [0.25, 0.3) is 0 Å². The van der Waals surface area contributed by atoms with Gasteiger partial charge in [-0.3, -0.25) is 0 Å². The Morgan fingerprint density at radius 2 is 1.95 bits per heavy atom. The molecule has 1 aromatic carbocycles. The van der Waals surface area contributed by atoms with Crippen LogP contribution in [0, 0.1) is 18.8 Å². The van der Waals surface area contributed by atoms with Gasteiger partial charge in [0.05, 0.1) is 6.10 Å². The molecule has 20 heavy (non-hydrogen) atoms. The van der Waals surface area contributed by atoms with E-state index in [1.807, 2.05) is 12.1 Å². The Balaban J connectivity index is 1.76. The Labute approximate surface area is 123 Å². The summed E-state index contributed by atoms with van der Waals surface area (Å²) in [6.45, 7) is 10.2. The number of aryl methyl sites for hydroxylation is 1. The van der Waals surface area contributed by atoms with Crippen molar-refractivity contribution in [1.82, 2.24) is 4.90 Å². The zero-order chi connectivity index (χ0) is 14.5. The molecule has 0 aliphatic carbocycles. The van der Waals surface area contributed by atoms with Gasteiger partial charge in [0, 0.05) is 6.54 Å².